The number of fused-ring (bicyclic) bond motifs is 1. The van der Waals surface area contributed by atoms with Crippen molar-refractivity contribution < 1.29 is 18.0 Å². The molecule has 0 bridgehead atoms. The van der Waals surface area contributed by atoms with Crippen molar-refractivity contribution in [2.75, 3.05) is 6.54 Å². The van der Waals surface area contributed by atoms with Crippen LogP contribution in [0.25, 0.3) is 5.69 Å². The molecule has 0 radical (unpaired) electrons. The first kappa shape index (κ1) is 17.1. The Morgan fingerprint density at radius 3 is 2.54 bits per heavy atom. The lowest BCUT2D eigenvalue weighted by molar-refractivity contribution is -0.142. The molecule has 1 fully saturated rings. The van der Waals surface area contributed by atoms with E-state index in [2.05, 4.69) is 10.1 Å². The number of rotatable bonds is 3. The first-order valence-corrected chi connectivity index (χ1v) is 8.84. The number of alkyl halides is 3. The van der Waals surface area contributed by atoms with Crippen LogP contribution in [0.2, 0.25) is 0 Å². The van der Waals surface area contributed by atoms with Gasteiger partial charge in [-0.3, -0.25) is 9.78 Å². The zero-order valence-corrected chi connectivity index (χ0v) is 14.2. The summed E-state index contributed by atoms with van der Waals surface area (Å²) >= 11 is 0. The van der Waals surface area contributed by atoms with Crippen LogP contribution in [0.5, 0.6) is 0 Å². The number of hydrogen-bond acceptors (Lipinski definition) is 3. The van der Waals surface area contributed by atoms with E-state index < -0.39 is 11.9 Å². The molecule has 8 heteroatoms. The molecule has 5 nitrogen and oxygen atoms in total. The van der Waals surface area contributed by atoms with Gasteiger partial charge in [0.15, 0.2) is 5.69 Å². The van der Waals surface area contributed by atoms with Gasteiger partial charge < -0.3 is 4.90 Å². The van der Waals surface area contributed by atoms with Crippen LogP contribution >= 0.6 is 0 Å². The molecule has 26 heavy (non-hydrogen) atoms. The quantitative estimate of drug-likeness (QED) is 0.840. The normalized spacial score (nSPS) is 17.7. The van der Waals surface area contributed by atoms with Crippen LogP contribution in [-0.2, 0) is 30.4 Å². The summed E-state index contributed by atoms with van der Waals surface area (Å²) in [6, 6.07) is 3.48. The van der Waals surface area contributed by atoms with E-state index in [-0.39, 0.29) is 5.91 Å². The zero-order valence-electron chi connectivity index (χ0n) is 14.2. The molecule has 3 heterocycles. The molecule has 2 aliphatic rings. The summed E-state index contributed by atoms with van der Waals surface area (Å²) in [5.74, 6) is 0.117. The van der Waals surface area contributed by atoms with E-state index in [1.54, 1.807) is 17.0 Å². The minimum Gasteiger partial charge on any atom is -0.337 e. The lowest BCUT2D eigenvalue weighted by Gasteiger charge is -2.16. The Kier molecular flexibility index (Phi) is 4.20. The molecule has 2 aromatic rings. The fraction of sp³-hybridized carbons (Fsp3) is 0.500. The van der Waals surface area contributed by atoms with Gasteiger partial charge in [-0.25, -0.2) is 4.68 Å². The van der Waals surface area contributed by atoms with E-state index >= 15 is 0 Å². The van der Waals surface area contributed by atoms with Crippen LogP contribution in [0, 0.1) is 0 Å². The highest BCUT2D eigenvalue weighted by atomic mass is 19.4. The molecular formula is C18H19F3N4O. The fourth-order valence-electron chi connectivity index (χ4n) is 3.74. The summed E-state index contributed by atoms with van der Waals surface area (Å²) in [5.41, 5.74) is 1.42. The maximum atomic E-state index is 13.3. The Bertz CT molecular complexity index is 826. The lowest BCUT2D eigenvalue weighted by Crippen LogP contribution is -2.24. The SMILES string of the molecule is O=C1CCCN1Cc1ccc(-n2nc(C(F)(F)F)c3c2CCCC3)cn1. The second-order valence-corrected chi connectivity index (χ2v) is 6.82. The average molecular weight is 364 g/mol. The molecule has 1 amide bonds. The summed E-state index contributed by atoms with van der Waals surface area (Å²) in [4.78, 5) is 17.8. The van der Waals surface area contributed by atoms with Gasteiger partial charge in [-0.1, -0.05) is 0 Å². The molecule has 2 aromatic heterocycles. The van der Waals surface area contributed by atoms with E-state index in [1.807, 2.05) is 0 Å². The number of pyridine rings is 1. The largest absolute Gasteiger partial charge is 0.435 e. The number of nitrogens with zero attached hydrogens (tertiary/aromatic N) is 4. The van der Waals surface area contributed by atoms with Crippen LogP contribution in [0.15, 0.2) is 18.3 Å². The number of carbonyl (C=O) groups is 1. The van der Waals surface area contributed by atoms with Crippen molar-refractivity contribution in [3.05, 3.63) is 41.0 Å². The molecule has 1 aliphatic heterocycles. The molecule has 1 aliphatic carbocycles. The Morgan fingerprint density at radius 1 is 1.08 bits per heavy atom. The molecule has 4 rings (SSSR count). The van der Waals surface area contributed by atoms with Crippen molar-refractivity contribution in [3.63, 3.8) is 0 Å². The average Bonchev–Trinajstić information content (AvgIpc) is 3.19. The molecular weight excluding hydrogens is 345 g/mol. The van der Waals surface area contributed by atoms with Crippen molar-refractivity contribution in [1.82, 2.24) is 19.7 Å². The van der Waals surface area contributed by atoms with Gasteiger partial charge >= 0.3 is 6.18 Å². The summed E-state index contributed by atoms with van der Waals surface area (Å²) in [6.07, 6.45) is 1.12. The Hall–Kier alpha value is -2.38. The van der Waals surface area contributed by atoms with Crippen molar-refractivity contribution in [1.29, 1.82) is 0 Å². The third kappa shape index (κ3) is 3.08. The van der Waals surface area contributed by atoms with Crippen LogP contribution < -0.4 is 0 Å². The minimum absolute atomic E-state index is 0.117. The molecule has 0 saturated carbocycles. The van der Waals surface area contributed by atoms with Crippen molar-refractivity contribution >= 4 is 5.91 Å². The first-order chi connectivity index (χ1) is 12.4. The number of amides is 1. The van der Waals surface area contributed by atoms with E-state index in [0.717, 1.165) is 31.5 Å². The summed E-state index contributed by atoms with van der Waals surface area (Å²) in [5, 5.41) is 3.87. The molecule has 0 aromatic carbocycles. The van der Waals surface area contributed by atoms with Gasteiger partial charge in [0, 0.05) is 24.2 Å². The summed E-state index contributed by atoms with van der Waals surface area (Å²) < 4.78 is 41.3. The number of aromatic nitrogens is 3. The summed E-state index contributed by atoms with van der Waals surface area (Å²) in [7, 11) is 0. The third-order valence-electron chi connectivity index (χ3n) is 5.03. The molecule has 0 spiro atoms. The van der Waals surface area contributed by atoms with E-state index in [1.165, 1.54) is 10.9 Å². The van der Waals surface area contributed by atoms with Gasteiger partial charge in [0.25, 0.3) is 0 Å². The van der Waals surface area contributed by atoms with Gasteiger partial charge in [0.2, 0.25) is 5.91 Å². The Balaban J connectivity index is 1.63. The maximum Gasteiger partial charge on any atom is 0.435 e. The number of halogens is 3. The highest BCUT2D eigenvalue weighted by Crippen LogP contribution is 2.36. The Morgan fingerprint density at radius 2 is 1.88 bits per heavy atom. The first-order valence-electron chi connectivity index (χ1n) is 8.84. The molecule has 138 valence electrons. The number of carbonyl (C=O) groups excluding carboxylic acids is 1. The van der Waals surface area contributed by atoms with Gasteiger partial charge in [-0.2, -0.15) is 18.3 Å². The molecule has 0 atom stereocenters. The second-order valence-electron chi connectivity index (χ2n) is 6.82. The van der Waals surface area contributed by atoms with E-state index in [9.17, 15) is 18.0 Å². The summed E-state index contributed by atoms with van der Waals surface area (Å²) in [6.45, 7) is 1.16. The second kappa shape index (κ2) is 6.41. The number of likely N-dealkylation sites (tertiary alicyclic amines) is 1. The molecule has 1 saturated heterocycles. The van der Waals surface area contributed by atoms with Gasteiger partial charge in [0.1, 0.15) is 0 Å². The predicted octanol–water partition coefficient (Wildman–Crippen LogP) is 3.29. The van der Waals surface area contributed by atoms with E-state index in [0.29, 0.717) is 42.8 Å². The van der Waals surface area contributed by atoms with Crippen LogP contribution in [0.1, 0.15) is 48.3 Å². The van der Waals surface area contributed by atoms with Crippen LogP contribution in [0.4, 0.5) is 13.2 Å². The van der Waals surface area contributed by atoms with Gasteiger partial charge in [-0.05, 0) is 44.2 Å². The third-order valence-corrected chi connectivity index (χ3v) is 5.03. The van der Waals surface area contributed by atoms with Gasteiger partial charge in [0.05, 0.1) is 24.1 Å². The topological polar surface area (TPSA) is 51.0 Å². The van der Waals surface area contributed by atoms with Gasteiger partial charge in [-0.15, -0.1) is 0 Å². The monoisotopic (exact) mass is 364 g/mol. The van der Waals surface area contributed by atoms with Crippen molar-refractivity contribution in [3.8, 4) is 5.69 Å². The fourth-order valence-corrected chi connectivity index (χ4v) is 3.74. The smallest absolute Gasteiger partial charge is 0.337 e. The Labute approximate surface area is 148 Å². The molecule has 0 unspecified atom stereocenters. The van der Waals surface area contributed by atoms with Crippen LogP contribution in [-0.4, -0.2) is 32.1 Å². The number of hydrogen-bond donors (Lipinski definition) is 0. The minimum atomic E-state index is -4.45. The maximum absolute atomic E-state index is 13.3. The van der Waals surface area contributed by atoms with E-state index in [4.69, 9.17) is 0 Å². The lowest BCUT2D eigenvalue weighted by atomic mass is 9.95. The highest BCUT2D eigenvalue weighted by Gasteiger charge is 2.39. The molecule has 0 N–H and O–H groups in total. The highest BCUT2D eigenvalue weighted by molar-refractivity contribution is 5.77. The predicted molar refractivity (Wildman–Crippen MR) is 87.7 cm³/mol. The van der Waals surface area contributed by atoms with Crippen LogP contribution in [0.3, 0.4) is 0 Å². The van der Waals surface area contributed by atoms with Crippen molar-refractivity contribution in [2.24, 2.45) is 0 Å². The standard InChI is InChI=1S/C18H19F3N4O/c19-18(20,21)17-14-4-1-2-5-15(14)25(23-17)13-8-7-12(22-10-13)11-24-9-3-6-16(24)26/h7-8,10H,1-6,9,11H2. The van der Waals surface area contributed by atoms with Crippen molar-refractivity contribution in [2.45, 2.75) is 51.2 Å². The zero-order chi connectivity index (χ0) is 18.3.